The van der Waals surface area contributed by atoms with Crippen LogP contribution in [0.3, 0.4) is 0 Å². The van der Waals surface area contributed by atoms with Gasteiger partial charge in [-0.05, 0) is 25.0 Å². The summed E-state index contributed by atoms with van der Waals surface area (Å²) in [5.74, 6) is 1.93. The summed E-state index contributed by atoms with van der Waals surface area (Å²) >= 11 is 0. The molecular weight excluding hydrogens is 375 g/mol. The molecule has 1 atom stereocenters. The summed E-state index contributed by atoms with van der Waals surface area (Å²) in [5.41, 5.74) is 7.23. The van der Waals surface area contributed by atoms with Gasteiger partial charge in [-0.3, -0.25) is 9.78 Å². The SMILES string of the molecule is Cc1nc([C@@H](N)C(C)C)n(CC(=O)N2CC(c3ccccn3)C2)n1.Cl.Cl. The Balaban J connectivity index is 0.00000169. The lowest BCUT2D eigenvalue weighted by atomic mass is 9.95. The first-order chi connectivity index (χ1) is 11.5. The van der Waals surface area contributed by atoms with Crippen molar-refractivity contribution >= 4 is 30.7 Å². The zero-order valence-corrected chi connectivity index (χ0v) is 16.8. The number of amides is 1. The molecule has 0 radical (unpaired) electrons. The van der Waals surface area contributed by atoms with Crippen LogP contribution in [0.25, 0.3) is 0 Å². The third kappa shape index (κ3) is 4.72. The number of aryl methyl sites for hydroxylation is 1. The van der Waals surface area contributed by atoms with Crippen molar-refractivity contribution in [1.29, 1.82) is 0 Å². The Morgan fingerprint density at radius 1 is 1.31 bits per heavy atom. The number of halogens is 2. The van der Waals surface area contributed by atoms with Crippen LogP contribution in [0.15, 0.2) is 24.4 Å². The molecule has 9 heteroatoms. The highest BCUT2D eigenvalue weighted by atomic mass is 35.5. The van der Waals surface area contributed by atoms with Gasteiger partial charge in [0.25, 0.3) is 0 Å². The Kier molecular flexibility index (Phi) is 7.99. The average Bonchev–Trinajstić information content (AvgIpc) is 2.86. The number of nitrogens with zero attached hydrogens (tertiary/aromatic N) is 5. The quantitative estimate of drug-likeness (QED) is 0.829. The smallest absolute Gasteiger partial charge is 0.244 e. The van der Waals surface area contributed by atoms with Crippen molar-refractivity contribution in [2.45, 2.75) is 39.3 Å². The van der Waals surface area contributed by atoms with Crippen LogP contribution < -0.4 is 5.73 Å². The Morgan fingerprint density at radius 2 is 2.00 bits per heavy atom. The zero-order valence-electron chi connectivity index (χ0n) is 15.2. The molecule has 3 heterocycles. The molecule has 3 rings (SSSR count). The van der Waals surface area contributed by atoms with E-state index in [-0.39, 0.29) is 49.2 Å². The number of pyridine rings is 1. The van der Waals surface area contributed by atoms with Crippen LogP contribution in [0.5, 0.6) is 0 Å². The molecule has 0 saturated carbocycles. The Labute approximate surface area is 166 Å². The molecule has 0 bridgehead atoms. The summed E-state index contributed by atoms with van der Waals surface area (Å²) in [5, 5.41) is 4.34. The zero-order chi connectivity index (χ0) is 17.3. The van der Waals surface area contributed by atoms with Gasteiger partial charge in [0, 0.05) is 30.9 Å². The number of rotatable bonds is 5. The van der Waals surface area contributed by atoms with E-state index >= 15 is 0 Å². The molecule has 1 fully saturated rings. The van der Waals surface area contributed by atoms with E-state index in [1.54, 1.807) is 10.9 Å². The van der Waals surface area contributed by atoms with Crippen molar-refractivity contribution in [2.24, 2.45) is 11.7 Å². The second kappa shape index (κ2) is 9.30. The Bertz CT molecular complexity index is 715. The van der Waals surface area contributed by atoms with E-state index in [0.29, 0.717) is 30.7 Å². The van der Waals surface area contributed by atoms with Crippen molar-refractivity contribution in [3.63, 3.8) is 0 Å². The van der Waals surface area contributed by atoms with Crippen LogP contribution in [0.2, 0.25) is 0 Å². The summed E-state index contributed by atoms with van der Waals surface area (Å²) in [6.45, 7) is 7.48. The lowest BCUT2D eigenvalue weighted by Gasteiger charge is -2.39. The molecule has 1 aliphatic heterocycles. The van der Waals surface area contributed by atoms with Crippen molar-refractivity contribution in [2.75, 3.05) is 13.1 Å². The highest BCUT2D eigenvalue weighted by Gasteiger charge is 2.33. The van der Waals surface area contributed by atoms with Gasteiger partial charge in [-0.1, -0.05) is 19.9 Å². The number of hydrogen-bond donors (Lipinski definition) is 1. The fourth-order valence-corrected chi connectivity index (χ4v) is 2.85. The first-order valence-electron chi connectivity index (χ1n) is 8.31. The van der Waals surface area contributed by atoms with Gasteiger partial charge in [0.05, 0.1) is 6.04 Å². The molecule has 0 unspecified atom stereocenters. The third-order valence-electron chi connectivity index (χ3n) is 4.45. The molecule has 2 N–H and O–H groups in total. The predicted molar refractivity (Wildman–Crippen MR) is 105 cm³/mol. The van der Waals surface area contributed by atoms with E-state index in [1.165, 1.54) is 0 Å². The summed E-state index contributed by atoms with van der Waals surface area (Å²) in [7, 11) is 0. The van der Waals surface area contributed by atoms with E-state index in [4.69, 9.17) is 5.73 Å². The highest BCUT2D eigenvalue weighted by Crippen LogP contribution is 2.25. The number of aromatic nitrogens is 4. The first-order valence-corrected chi connectivity index (χ1v) is 8.31. The highest BCUT2D eigenvalue weighted by molar-refractivity contribution is 5.85. The van der Waals surface area contributed by atoms with Crippen LogP contribution in [-0.4, -0.2) is 43.6 Å². The summed E-state index contributed by atoms with van der Waals surface area (Å²) in [6.07, 6.45) is 1.79. The molecule has 0 aromatic carbocycles. The van der Waals surface area contributed by atoms with Crippen LogP contribution in [0.1, 0.15) is 43.1 Å². The van der Waals surface area contributed by atoms with Gasteiger partial charge in [-0.2, -0.15) is 5.10 Å². The van der Waals surface area contributed by atoms with Crippen molar-refractivity contribution < 1.29 is 4.79 Å². The van der Waals surface area contributed by atoms with E-state index in [0.717, 1.165) is 5.69 Å². The molecule has 26 heavy (non-hydrogen) atoms. The van der Waals surface area contributed by atoms with Crippen molar-refractivity contribution in [3.05, 3.63) is 41.7 Å². The van der Waals surface area contributed by atoms with Gasteiger partial charge in [0.2, 0.25) is 5.91 Å². The fourth-order valence-electron chi connectivity index (χ4n) is 2.85. The van der Waals surface area contributed by atoms with E-state index < -0.39 is 0 Å². The van der Waals surface area contributed by atoms with Gasteiger partial charge in [-0.25, -0.2) is 9.67 Å². The number of likely N-dealkylation sites (tertiary alicyclic amines) is 1. The standard InChI is InChI=1S/C17H24N6O.2ClH/c1-11(2)16(18)17-20-12(3)21-23(17)10-15(24)22-8-13(9-22)14-6-4-5-7-19-14;;/h4-7,11,13,16H,8-10,18H2,1-3H3;2*1H/t16-;;/m0../s1. The maximum Gasteiger partial charge on any atom is 0.244 e. The lowest BCUT2D eigenvalue weighted by molar-refractivity contribution is -0.136. The first kappa shape index (κ1) is 22.3. The minimum absolute atomic E-state index is 0. The molecule has 0 aliphatic carbocycles. The molecule has 1 aliphatic rings. The Morgan fingerprint density at radius 3 is 2.58 bits per heavy atom. The molecule has 2 aromatic rings. The maximum atomic E-state index is 12.5. The molecular formula is C17H26Cl2N6O. The largest absolute Gasteiger partial charge is 0.340 e. The summed E-state index contributed by atoms with van der Waals surface area (Å²) < 4.78 is 1.65. The van der Waals surface area contributed by atoms with Gasteiger partial charge in [-0.15, -0.1) is 24.8 Å². The van der Waals surface area contributed by atoms with E-state index in [2.05, 4.69) is 15.1 Å². The molecule has 7 nitrogen and oxygen atoms in total. The summed E-state index contributed by atoms with van der Waals surface area (Å²) in [4.78, 5) is 23.1. The Hall–Kier alpha value is -1.70. The lowest BCUT2D eigenvalue weighted by Crippen LogP contribution is -2.50. The maximum absolute atomic E-state index is 12.5. The molecule has 144 valence electrons. The predicted octanol–water partition coefficient (Wildman–Crippen LogP) is 2.11. The second-order valence-electron chi connectivity index (χ2n) is 6.69. The van der Waals surface area contributed by atoms with Crippen LogP contribution in [0, 0.1) is 12.8 Å². The minimum atomic E-state index is -0.225. The molecule has 1 saturated heterocycles. The minimum Gasteiger partial charge on any atom is -0.340 e. The molecule has 2 aromatic heterocycles. The molecule has 1 amide bonds. The van der Waals surface area contributed by atoms with Gasteiger partial charge in [0.15, 0.2) is 0 Å². The van der Waals surface area contributed by atoms with Crippen molar-refractivity contribution in [3.8, 4) is 0 Å². The number of carbonyl (C=O) groups is 1. The average molecular weight is 401 g/mol. The van der Waals surface area contributed by atoms with Gasteiger partial charge in [0.1, 0.15) is 18.2 Å². The van der Waals surface area contributed by atoms with Gasteiger partial charge < -0.3 is 10.6 Å². The van der Waals surface area contributed by atoms with E-state index in [9.17, 15) is 4.79 Å². The van der Waals surface area contributed by atoms with Gasteiger partial charge >= 0.3 is 0 Å². The topological polar surface area (TPSA) is 89.9 Å². The number of nitrogens with two attached hydrogens (primary N) is 1. The monoisotopic (exact) mass is 400 g/mol. The summed E-state index contributed by atoms with van der Waals surface area (Å²) in [6, 6.07) is 5.66. The molecule has 0 spiro atoms. The second-order valence-corrected chi connectivity index (χ2v) is 6.69. The van der Waals surface area contributed by atoms with Crippen LogP contribution in [-0.2, 0) is 11.3 Å². The van der Waals surface area contributed by atoms with Crippen LogP contribution >= 0.6 is 24.8 Å². The normalized spacial score (nSPS) is 15.0. The fraction of sp³-hybridized carbons (Fsp3) is 0.529. The van der Waals surface area contributed by atoms with E-state index in [1.807, 2.05) is 43.9 Å². The number of hydrogen-bond acceptors (Lipinski definition) is 5. The van der Waals surface area contributed by atoms with Crippen LogP contribution in [0.4, 0.5) is 0 Å². The number of carbonyl (C=O) groups excluding carboxylic acids is 1. The third-order valence-corrected chi connectivity index (χ3v) is 4.45. The van der Waals surface area contributed by atoms with Crippen molar-refractivity contribution in [1.82, 2.24) is 24.6 Å².